The minimum absolute atomic E-state index is 0.0426. The van der Waals surface area contributed by atoms with E-state index in [-0.39, 0.29) is 5.78 Å². The summed E-state index contributed by atoms with van der Waals surface area (Å²) in [6.45, 7) is 0. The number of pyridine rings is 1. The Morgan fingerprint density at radius 2 is 1.86 bits per heavy atom. The Balaban J connectivity index is 2.00. The normalized spacial score (nSPS) is 12.6. The molecule has 0 amide bonds. The van der Waals surface area contributed by atoms with Gasteiger partial charge in [0.15, 0.2) is 5.78 Å². The minimum Gasteiger partial charge on any atom is -0.497 e. The lowest BCUT2D eigenvalue weighted by atomic mass is 9.99. The van der Waals surface area contributed by atoms with Gasteiger partial charge in [0, 0.05) is 35.4 Å². The van der Waals surface area contributed by atoms with Crippen LogP contribution in [0.5, 0.6) is 11.5 Å². The van der Waals surface area contributed by atoms with E-state index < -0.39 is 0 Å². The van der Waals surface area contributed by atoms with Crippen molar-refractivity contribution in [3.8, 4) is 11.5 Å². The number of aromatic nitrogens is 1. The van der Waals surface area contributed by atoms with E-state index in [1.807, 2.05) is 18.2 Å². The molecule has 0 aliphatic heterocycles. The Bertz CT molecular complexity index is 712. The molecule has 1 heterocycles. The van der Waals surface area contributed by atoms with Gasteiger partial charge in [0.2, 0.25) is 0 Å². The highest BCUT2D eigenvalue weighted by Crippen LogP contribution is 2.31. The van der Waals surface area contributed by atoms with Gasteiger partial charge in [-0.1, -0.05) is 12.1 Å². The third kappa shape index (κ3) is 2.40. The molecular formula is C17H15NO3. The zero-order valence-corrected chi connectivity index (χ0v) is 11.9. The van der Waals surface area contributed by atoms with Crippen molar-refractivity contribution >= 4 is 11.4 Å². The summed E-state index contributed by atoms with van der Waals surface area (Å²) >= 11 is 0. The third-order valence-corrected chi connectivity index (χ3v) is 3.54. The highest BCUT2D eigenvalue weighted by molar-refractivity contribution is 6.30. The Morgan fingerprint density at radius 3 is 2.52 bits per heavy atom. The average Bonchev–Trinajstić information content (AvgIpc) is 2.97. The number of ketones is 1. The third-order valence-electron chi connectivity index (χ3n) is 3.54. The Labute approximate surface area is 123 Å². The van der Waals surface area contributed by atoms with E-state index >= 15 is 0 Å². The number of hydrogen-bond acceptors (Lipinski definition) is 4. The van der Waals surface area contributed by atoms with Crippen LogP contribution in [-0.2, 0) is 6.42 Å². The molecule has 0 bridgehead atoms. The van der Waals surface area contributed by atoms with Crippen molar-refractivity contribution in [3.63, 3.8) is 0 Å². The number of carbonyl (C=O) groups is 1. The summed E-state index contributed by atoms with van der Waals surface area (Å²) < 4.78 is 10.4. The van der Waals surface area contributed by atoms with Crippen LogP contribution in [0.1, 0.15) is 21.6 Å². The van der Waals surface area contributed by atoms with Gasteiger partial charge in [-0.15, -0.1) is 0 Å². The summed E-state index contributed by atoms with van der Waals surface area (Å²) in [7, 11) is 3.13. The molecule has 0 saturated carbocycles. The number of allylic oxidation sites excluding steroid dienone is 2. The van der Waals surface area contributed by atoms with Gasteiger partial charge in [-0.05, 0) is 18.2 Å². The van der Waals surface area contributed by atoms with Crippen LogP contribution < -0.4 is 9.47 Å². The standard InChI is InChI=1S/C17H15NO3/c1-20-12-8-11(9-13(10-12)21-2)17(19)15-5-6-16-14(15)4-3-7-18-16/h3-5,7-10H,6H2,1-2H3. The Kier molecular flexibility index (Phi) is 3.44. The number of carbonyl (C=O) groups excluding carboxylic acids is 1. The predicted octanol–water partition coefficient (Wildman–Crippen LogP) is 2.92. The summed E-state index contributed by atoms with van der Waals surface area (Å²) in [6.07, 6.45) is 4.36. The molecule has 1 aromatic carbocycles. The number of fused-ring (bicyclic) bond motifs is 1. The molecule has 0 unspecified atom stereocenters. The number of rotatable bonds is 4. The van der Waals surface area contributed by atoms with E-state index in [9.17, 15) is 4.79 Å². The van der Waals surface area contributed by atoms with Crippen molar-refractivity contribution in [1.82, 2.24) is 4.98 Å². The topological polar surface area (TPSA) is 48.4 Å². The molecule has 1 aromatic heterocycles. The lowest BCUT2D eigenvalue weighted by Gasteiger charge is -2.09. The summed E-state index contributed by atoms with van der Waals surface area (Å²) in [6, 6.07) is 8.96. The molecule has 0 radical (unpaired) electrons. The molecule has 1 aliphatic rings. The average molecular weight is 281 g/mol. The van der Waals surface area contributed by atoms with Gasteiger partial charge in [-0.2, -0.15) is 0 Å². The van der Waals surface area contributed by atoms with Crippen LogP contribution in [0.3, 0.4) is 0 Å². The highest BCUT2D eigenvalue weighted by atomic mass is 16.5. The molecule has 4 heteroatoms. The van der Waals surface area contributed by atoms with E-state index in [1.54, 1.807) is 38.6 Å². The summed E-state index contributed by atoms with van der Waals surface area (Å²) in [5.74, 6) is 1.16. The van der Waals surface area contributed by atoms with Crippen molar-refractivity contribution in [2.45, 2.75) is 6.42 Å². The van der Waals surface area contributed by atoms with Crippen LogP contribution in [0.15, 0.2) is 42.6 Å². The first-order valence-corrected chi connectivity index (χ1v) is 6.65. The van der Waals surface area contributed by atoms with Crippen molar-refractivity contribution in [2.75, 3.05) is 14.2 Å². The van der Waals surface area contributed by atoms with E-state index in [2.05, 4.69) is 4.98 Å². The molecular weight excluding hydrogens is 266 g/mol. The number of Topliss-reactive ketones (excluding diaryl/α,β-unsaturated/α-hetero) is 1. The summed E-state index contributed by atoms with van der Waals surface area (Å²) in [5.41, 5.74) is 3.09. The lowest BCUT2D eigenvalue weighted by molar-refractivity contribution is 0.105. The second kappa shape index (κ2) is 5.40. The molecule has 1 aliphatic carbocycles. The van der Waals surface area contributed by atoms with Crippen molar-refractivity contribution in [3.05, 3.63) is 59.4 Å². The molecule has 3 rings (SSSR count). The number of benzene rings is 1. The minimum atomic E-state index is -0.0426. The lowest BCUT2D eigenvalue weighted by Crippen LogP contribution is -2.03. The summed E-state index contributed by atoms with van der Waals surface area (Å²) in [5, 5.41) is 0. The molecule has 2 aromatic rings. The first kappa shape index (κ1) is 13.4. The van der Waals surface area contributed by atoms with Crippen LogP contribution >= 0.6 is 0 Å². The van der Waals surface area contributed by atoms with Crippen LogP contribution in [0.25, 0.3) is 5.57 Å². The molecule has 4 nitrogen and oxygen atoms in total. The van der Waals surface area contributed by atoms with Gasteiger partial charge < -0.3 is 9.47 Å². The smallest absolute Gasteiger partial charge is 0.193 e. The quantitative estimate of drug-likeness (QED) is 0.808. The SMILES string of the molecule is COc1cc(OC)cc(C(=O)C2=CCc3ncccc32)c1. The molecule has 0 atom stereocenters. The first-order chi connectivity index (χ1) is 10.2. The van der Waals surface area contributed by atoms with Gasteiger partial charge in [0.25, 0.3) is 0 Å². The summed E-state index contributed by atoms with van der Waals surface area (Å²) in [4.78, 5) is 17.0. The van der Waals surface area contributed by atoms with Gasteiger partial charge in [-0.25, -0.2) is 0 Å². The largest absolute Gasteiger partial charge is 0.497 e. The number of methoxy groups -OCH3 is 2. The maximum absolute atomic E-state index is 12.7. The van der Waals surface area contributed by atoms with Gasteiger partial charge in [-0.3, -0.25) is 9.78 Å². The maximum atomic E-state index is 12.7. The van der Waals surface area contributed by atoms with Gasteiger partial charge >= 0.3 is 0 Å². The monoisotopic (exact) mass is 281 g/mol. The fourth-order valence-electron chi connectivity index (χ4n) is 2.46. The van der Waals surface area contributed by atoms with Crippen molar-refractivity contribution in [2.24, 2.45) is 0 Å². The Morgan fingerprint density at radius 1 is 1.14 bits per heavy atom. The molecule has 0 spiro atoms. The van der Waals surface area contributed by atoms with E-state index in [0.29, 0.717) is 29.1 Å². The first-order valence-electron chi connectivity index (χ1n) is 6.65. The van der Waals surface area contributed by atoms with E-state index in [4.69, 9.17) is 9.47 Å². The van der Waals surface area contributed by atoms with Crippen molar-refractivity contribution < 1.29 is 14.3 Å². The molecule has 0 N–H and O–H groups in total. The van der Waals surface area contributed by atoms with Gasteiger partial charge in [0.1, 0.15) is 11.5 Å². The molecule has 0 saturated heterocycles. The van der Waals surface area contributed by atoms with E-state index in [0.717, 1.165) is 11.3 Å². The van der Waals surface area contributed by atoms with Crippen LogP contribution in [0.4, 0.5) is 0 Å². The number of hydrogen-bond donors (Lipinski definition) is 0. The zero-order chi connectivity index (χ0) is 14.8. The molecule has 0 fully saturated rings. The molecule has 106 valence electrons. The fraction of sp³-hybridized carbons (Fsp3) is 0.176. The van der Waals surface area contributed by atoms with E-state index in [1.165, 1.54) is 0 Å². The molecule has 21 heavy (non-hydrogen) atoms. The van der Waals surface area contributed by atoms with Gasteiger partial charge in [0.05, 0.1) is 19.9 Å². The predicted molar refractivity (Wildman–Crippen MR) is 79.8 cm³/mol. The van der Waals surface area contributed by atoms with Crippen LogP contribution in [-0.4, -0.2) is 25.0 Å². The van der Waals surface area contributed by atoms with Crippen LogP contribution in [0, 0.1) is 0 Å². The fourth-order valence-corrected chi connectivity index (χ4v) is 2.46. The van der Waals surface area contributed by atoms with Crippen LogP contribution in [0.2, 0.25) is 0 Å². The second-order valence-corrected chi connectivity index (χ2v) is 4.75. The second-order valence-electron chi connectivity index (χ2n) is 4.75. The number of ether oxygens (including phenoxy) is 2. The van der Waals surface area contributed by atoms with Crippen molar-refractivity contribution in [1.29, 1.82) is 0 Å². The highest BCUT2D eigenvalue weighted by Gasteiger charge is 2.22. The maximum Gasteiger partial charge on any atom is 0.193 e. The Hall–Kier alpha value is -2.62. The zero-order valence-electron chi connectivity index (χ0n) is 11.9. The number of nitrogens with zero attached hydrogens (tertiary/aromatic N) is 1.